The van der Waals surface area contributed by atoms with Crippen molar-refractivity contribution >= 4 is 5.91 Å². The maximum absolute atomic E-state index is 12.7. The lowest BCUT2D eigenvalue weighted by molar-refractivity contribution is -0.210. The van der Waals surface area contributed by atoms with E-state index < -0.39 is 0 Å². The van der Waals surface area contributed by atoms with Gasteiger partial charge in [-0.25, -0.2) is 0 Å². The summed E-state index contributed by atoms with van der Waals surface area (Å²) in [7, 11) is 0. The summed E-state index contributed by atoms with van der Waals surface area (Å²) in [5.41, 5.74) is -0.0732. The Bertz CT molecular complexity index is 380. The van der Waals surface area contributed by atoms with Crippen LogP contribution >= 0.6 is 0 Å². The van der Waals surface area contributed by atoms with Gasteiger partial charge < -0.3 is 14.7 Å². The lowest BCUT2D eigenvalue weighted by atomic mass is 9.58. The molecular formula is C18H31NO3. The topological polar surface area (TPSA) is 49.8 Å². The highest BCUT2D eigenvalue weighted by Gasteiger charge is 2.56. The van der Waals surface area contributed by atoms with Crippen molar-refractivity contribution in [3.05, 3.63) is 0 Å². The molecule has 0 radical (unpaired) electrons. The molecular weight excluding hydrogens is 278 g/mol. The van der Waals surface area contributed by atoms with Crippen LogP contribution in [-0.4, -0.2) is 47.8 Å². The first-order valence-corrected chi connectivity index (χ1v) is 9.26. The van der Waals surface area contributed by atoms with Gasteiger partial charge in [0.15, 0.2) is 0 Å². The first-order chi connectivity index (χ1) is 10.7. The zero-order valence-electron chi connectivity index (χ0n) is 13.9. The number of piperidine rings is 1. The summed E-state index contributed by atoms with van der Waals surface area (Å²) in [5, 5.41) is 10.2. The fourth-order valence-electron chi connectivity index (χ4n) is 4.74. The van der Waals surface area contributed by atoms with E-state index in [0.29, 0.717) is 12.5 Å². The van der Waals surface area contributed by atoms with Gasteiger partial charge in [0, 0.05) is 37.5 Å². The fourth-order valence-corrected chi connectivity index (χ4v) is 4.74. The van der Waals surface area contributed by atoms with Crippen LogP contribution in [0.3, 0.4) is 0 Å². The number of rotatable bonds is 3. The van der Waals surface area contributed by atoms with E-state index in [1.807, 2.05) is 6.92 Å². The lowest BCUT2D eigenvalue weighted by Crippen LogP contribution is -2.63. The minimum atomic E-state index is -0.237. The number of aliphatic hydroxyl groups is 1. The molecule has 1 heterocycles. The molecule has 3 fully saturated rings. The van der Waals surface area contributed by atoms with Crippen molar-refractivity contribution in [2.45, 2.75) is 76.9 Å². The van der Waals surface area contributed by atoms with Gasteiger partial charge in [0.25, 0.3) is 0 Å². The Kier molecular flexibility index (Phi) is 5.08. The second-order valence-electron chi connectivity index (χ2n) is 7.44. The lowest BCUT2D eigenvalue weighted by Gasteiger charge is -2.56. The summed E-state index contributed by atoms with van der Waals surface area (Å²) in [5.74, 6) is 0.629. The molecule has 0 aromatic carbocycles. The van der Waals surface area contributed by atoms with Gasteiger partial charge in [0.05, 0.1) is 12.2 Å². The van der Waals surface area contributed by atoms with E-state index in [-0.39, 0.29) is 23.5 Å². The number of carbonyl (C=O) groups excluding carboxylic acids is 1. The second-order valence-corrected chi connectivity index (χ2v) is 7.44. The minimum absolute atomic E-state index is 0.0732. The summed E-state index contributed by atoms with van der Waals surface area (Å²) in [6, 6.07) is 0. The first kappa shape index (κ1) is 16.3. The van der Waals surface area contributed by atoms with E-state index in [4.69, 9.17) is 4.74 Å². The van der Waals surface area contributed by atoms with Crippen LogP contribution in [-0.2, 0) is 9.53 Å². The fraction of sp³-hybridized carbons (Fsp3) is 0.944. The molecule has 1 amide bonds. The molecule has 3 rings (SSSR count). The van der Waals surface area contributed by atoms with Gasteiger partial charge in [-0.2, -0.15) is 0 Å². The van der Waals surface area contributed by atoms with Crippen LogP contribution in [0.1, 0.15) is 64.7 Å². The van der Waals surface area contributed by atoms with E-state index in [1.165, 1.54) is 25.7 Å². The predicted octanol–water partition coefficient (Wildman–Crippen LogP) is 2.74. The van der Waals surface area contributed by atoms with Crippen LogP contribution < -0.4 is 0 Å². The molecule has 1 aliphatic heterocycles. The van der Waals surface area contributed by atoms with Gasteiger partial charge in [0.2, 0.25) is 5.91 Å². The summed E-state index contributed by atoms with van der Waals surface area (Å²) < 4.78 is 5.81. The Morgan fingerprint density at radius 1 is 1.18 bits per heavy atom. The van der Waals surface area contributed by atoms with Crippen molar-refractivity contribution in [3.8, 4) is 0 Å². The number of amides is 1. The van der Waals surface area contributed by atoms with Gasteiger partial charge in [0.1, 0.15) is 0 Å². The SMILES string of the molecule is CCOC1CC(O)C12CCN(C(=O)C1CCCCCC1)CC2. The van der Waals surface area contributed by atoms with E-state index in [1.54, 1.807) is 0 Å². The van der Waals surface area contributed by atoms with Crippen molar-refractivity contribution in [1.82, 2.24) is 4.90 Å². The zero-order valence-corrected chi connectivity index (χ0v) is 13.9. The third kappa shape index (κ3) is 2.92. The third-order valence-corrected chi connectivity index (χ3v) is 6.32. The van der Waals surface area contributed by atoms with Crippen LogP contribution in [0, 0.1) is 11.3 Å². The van der Waals surface area contributed by atoms with Crippen LogP contribution in [0.15, 0.2) is 0 Å². The molecule has 4 nitrogen and oxygen atoms in total. The van der Waals surface area contributed by atoms with E-state index >= 15 is 0 Å². The molecule has 1 saturated heterocycles. The summed E-state index contributed by atoms with van der Waals surface area (Å²) in [4.78, 5) is 14.8. The Labute approximate surface area is 134 Å². The normalized spacial score (nSPS) is 32.5. The third-order valence-electron chi connectivity index (χ3n) is 6.32. The Morgan fingerprint density at radius 3 is 2.36 bits per heavy atom. The van der Waals surface area contributed by atoms with Gasteiger partial charge >= 0.3 is 0 Å². The molecule has 1 spiro atoms. The smallest absolute Gasteiger partial charge is 0.225 e. The largest absolute Gasteiger partial charge is 0.392 e. The maximum Gasteiger partial charge on any atom is 0.225 e. The molecule has 2 saturated carbocycles. The quantitative estimate of drug-likeness (QED) is 0.816. The second kappa shape index (κ2) is 6.88. The molecule has 0 aromatic rings. The van der Waals surface area contributed by atoms with Gasteiger partial charge in [-0.3, -0.25) is 4.79 Å². The maximum atomic E-state index is 12.7. The Balaban J connectivity index is 1.55. The molecule has 0 aromatic heterocycles. The number of carbonyl (C=O) groups is 1. The number of hydrogen-bond acceptors (Lipinski definition) is 3. The molecule has 0 bridgehead atoms. The molecule has 22 heavy (non-hydrogen) atoms. The zero-order chi connectivity index (χ0) is 15.6. The summed E-state index contributed by atoms with van der Waals surface area (Å²) in [6.07, 6.45) is 9.67. The van der Waals surface area contributed by atoms with E-state index in [2.05, 4.69) is 4.90 Å². The highest BCUT2D eigenvalue weighted by Crippen LogP contribution is 2.51. The van der Waals surface area contributed by atoms with Gasteiger partial charge in [-0.15, -0.1) is 0 Å². The number of aliphatic hydroxyl groups excluding tert-OH is 1. The highest BCUT2D eigenvalue weighted by molar-refractivity contribution is 5.79. The van der Waals surface area contributed by atoms with Crippen LogP contribution in [0.5, 0.6) is 0 Å². The average Bonchev–Trinajstić information content (AvgIpc) is 2.83. The standard InChI is InChI=1S/C18H31NO3/c1-2-22-16-13-15(20)18(16)9-11-19(12-10-18)17(21)14-7-5-3-4-6-8-14/h14-16,20H,2-13H2,1H3. The molecule has 126 valence electrons. The van der Waals surface area contributed by atoms with Crippen molar-refractivity contribution in [3.63, 3.8) is 0 Å². The average molecular weight is 309 g/mol. The number of ether oxygens (including phenoxy) is 1. The van der Waals surface area contributed by atoms with Gasteiger partial charge in [-0.05, 0) is 32.6 Å². The predicted molar refractivity (Wildman–Crippen MR) is 85.5 cm³/mol. The van der Waals surface area contributed by atoms with Crippen molar-refractivity contribution in [2.75, 3.05) is 19.7 Å². The Hall–Kier alpha value is -0.610. The van der Waals surface area contributed by atoms with Gasteiger partial charge in [-0.1, -0.05) is 25.7 Å². The van der Waals surface area contributed by atoms with Crippen LogP contribution in [0.2, 0.25) is 0 Å². The molecule has 2 atom stereocenters. The molecule has 3 aliphatic rings. The summed E-state index contributed by atoms with van der Waals surface area (Å²) in [6.45, 7) is 4.33. The highest BCUT2D eigenvalue weighted by atomic mass is 16.5. The van der Waals surface area contributed by atoms with Crippen molar-refractivity contribution in [2.24, 2.45) is 11.3 Å². The molecule has 2 unspecified atom stereocenters. The minimum Gasteiger partial charge on any atom is -0.392 e. The van der Waals surface area contributed by atoms with E-state index in [9.17, 15) is 9.90 Å². The first-order valence-electron chi connectivity index (χ1n) is 9.26. The Morgan fingerprint density at radius 2 is 1.82 bits per heavy atom. The molecule has 4 heteroatoms. The molecule has 1 N–H and O–H groups in total. The van der Waals surface area contributed by atoms with Crippen molar-refractivity contribution < 1.29 is 14.6 Å². The summed E-state index contributed by atoms with van der Waals surface area (Å²) >= 11 is 0. The molecule has 2 aliphatic carbocycles. The monoisotopic (exact) mass is 309 g/mol. The number of nitrogens with zero attached hydrogens (tertiary/aromatic N) is 1. The van der Waals surface area contributed by atoms with E-state index in [0.717, 1.165) is 45.2 Å². The van der Waals surface area contributed by atoms with Crippen LogP contribution in [0.4, 0.5) is 0 Å². The van der Waals surface area contributed by atoms with Crippen LogP contribution in [0.25, 0.3) is 0 Å². The number of hydrogen-bond donors (Lipinski definition) is 1. The van der Waals surface area contributed by atoms with Crippen molar-refractivity contribution in [1.29, 1.82) is 0 Å². The number of likely N-dealkylation sites (tertiary alicyclic amines) is 1.